The molecule has 1 aromatic carbocycles. The van der Waals surface area contributed by atoms with Crippen LogP contribution in [-0.4, -0.2) is 80.5 Å². The fourth-order valence-corrected chi connectivity index (χ4v) is 6.57. The number of benzene rings is 1. The molecule has 0 aliphatic carbocycles. The lowest BCUT2D eigenvalue weighted by Gasteiger charge is -2.58. The molecule has 2 aliphatic rings. The molecule has 0 saturated carbocycles. The predicted octanol–water partition coefficient (Wildman–Crippen LogP) is 5.11. The van der Waals surface area contributed by atoms with E-state index < -0.39 is 6.09 Å². The molecule has 11 heteroatoms. The van der Waals surface area contributed by atoms with E-state index in [0.717, 1.165) is 59.5 Å². The van der Waals surface area contributed by atoms with Gasteiger partial charge in [0, 0.05) is 55.2 Å². The molecule has 3 aromatic rings. The summed E-state index contributed by atoms with van der Waals surface area (Å²) in [5.74, 6) is 1.08. The summed E-state index contributed by atoms with van der Waals surface area (Å²) in [7, 11) is 0. The van der Waals surface area contributed by atoms with Crippen molar-refractivity contribution in [1.82, 2.24) is 29.5 Å². The van der Waals surface area contributed by atoms with Gasteiger partial charge in [-0.05, 0) is 90.0 Å². The first-order chi connectivity index (χ1) is 19.5. The third-order valence-electron chi connectivity index (χ3n) is 9.01. The second-order valence-electron chi connectivity index (χ2n) is 12.5. The van der Waals surface area contributed by atoms with Crippen molar-refractivity contribution in [2.75, 3.05) is 44.6 Å². The number of carboxylic acid groups (broad SMARTS) is 1. The van der Waals surface area contributed by atoms with E-state index >= 15 is 0 Å². The quantitative estimate of drug-likeness (QED) is 0.285. The largest absolute Gasteiger partial charge is 0.465 e. The Bertz CT molecular complexity index is 1420. The summed E-state index contributed by atoms with van der Waals surface area (Å²) in [6.45, 7) is 13.5. The van der Waals surface area contributed by atoms with E-state index in [0.29, 0.717) is 36.9 Å². The zero-order valence-corrected chi connectivity index (χ0v) is 26.4. The molecule has 2 aromatic heterocycles. The number of hydrogen-bond acceptors (Lipinski definition) is 6. The minimum atomic E-state index is -0.824. The second kappa shape index (κ2) is 11.7. The highest BCUT2D eigenvalue weighted by molar-refractivity contribution is 14.1. The van der Waals surface area contributed by atoms with Crippen LogP contribution >= 0.6 is 22.6 Å². The molecule has 0 radical (unpaired) electrons. The molecule has 220 valence electrons. The van der Waals surface area contributed by atoms with Gasteiger partial charge in [0.1, 0.15) is 3.70 Å². The monoisotopic (exact) mass is 673 g/mol. The standard InChI is InChI=1S/C30H40IN7O3/c1-5-21-14-22(35-25-26-33-16-24(31)38(26)13-10-32-25)6-7-23(21)27(39)34-15-20-8-11-36(12-9-20)17-30(29(2,3)4)18-37(19-30)28(40)41/h6-7,10,13-14,16,20H,5,8-9,11-12,15,17-19H2,1-4H3,(H,32,35)(H,34,39)(H,40,41). The first kappa shape index (κ1) is 29.6. The maximum absolute atomic E-state index is 13.2. The summed E-state index contributed by atoms with van der Waals surface area (Å²) in [5, 5.41) is 15.9. The number of halogens is 1. The van der Waals surface area contributed by atoms with Crippen LogP contribution in [0, 0.1) is 20.4 Å². The highest BCUT2D eigenvalue weighted by Crippen LogP contribution is 2.47. The molecule has 10 nitrogen and oxygen atoms in total. The van der Waals surface area contributed by atoms with Crippen LogP contribution in [0.4, 0.5) is 16.3 Å². The number of fused-ring (bicyclic) bond motifs is 1. The molecule has 2 aliphatic heterocycles. The topological polar surface area (TPSA) is 115 Å². The van der Waals surface area contributed by atoms with Crippen molar-refractivity contribution >= 4 is 51.7 Å². The predicted molar refractivity (Wildman–Crippen MR) is 168 cm³/mol. The number of rotatable bonds is 8. The molecule has 2 saturated heterocycles. The summed E-state index contributed by atoms with van der Waals surface area (Å²) in [5.41, 5.74) is 3.34. The Morgan fingerprint density at radius 2 is 1.90 bits per heavy atom. The maximum Gasteiger partial charge on any atom is 0.407 e. The highest BCUT2D eigenvalue weighted by Gasteiger charge is 2.53. The number of nitrogens with one attached hydrogen (secondary N) is 2. The minimum Gasteiger partial charge on any atom is -0.465 e. The van der Waals surface area contributed by atoms with E-state index in [1.165, 1.54) is 4.90 Å². The Balaban J connectivity index is 1.14. The molecule has 0 unspecified atom stereocenters. The molecule has 2 fully saturated rings. The Labute approximate surface area is 255 Å². The maximum atomic E-state index is 13.2. The summed E-state index contributed by atoms with van der Waals surface area (Å²) in [6, 6.07) is 5.83. The van der Waals surface area contributed by atoms with Crippen LogP contribution in [0.25, 0.3) is 5.65 Å². The SMILES string of the molecule is CCc1cc(Nc2nccn3c(I)cnc23)ccc1C(=O)NCC1CCN(CC2(C(C)(C)C)CN(C(=O)O)C2)CC1. The Kier molecular flexibility index (Phi) is 8.47. The lowest BCUT2D eigenvalue weighted by Crippen LogP contribution is -2.67. The van der Waals surface area contributed by atoms with E-state index in [1.807, 2.05) is 35.0 Å². The van der Waals surface area contributed by atoms with Gasteiger partial charge in [0.15, 0.2) is 11.5 Å². The number of carbonyl (C=O) groups excluding carboxylic acids is 1. The number of anilines is 2. The average molecular weight is 674 g/mol. The van der Waals surface area contributed by atoms with E-state index in [1.54, 1.807) is 6.20 Å². The number of hydrogen-bond donors (Lipinski definition) is 3. The number of imidazole rings is 1. The normalized spacial score (nSPS) is 17.8. The van der Waals surface area contributed by atoms with Crippen LogP contribution in [0.15, 0.2) is 36.8 Å². The highest BCUT2D eigenvalue weighted by atomic mass is 127. The molecular weight excluding hydrogens is 633 g/mol. The lowest BCUT2D eigenvalue weighted by molar-refractivity contribution is -0.0892. The Hall–Kier alpha value is -2.93. The van der Waals surface area contributed by atoms with E-state index in [4.69, 9.17) is 0 Å². The van der Waals surface area contributed by atoms with Crippen LogP contribution < -0.4 is 10.6 Å². The summed E-state index contributed by atoms with van der Waals surface area (Å²) >= 11 is 2.24. The van der Waals surface area contributed by atoms with Crippen molar-refractivity contribution in [2.45, 2.75) is 47.0 Å². The van der Waals surface area contributed by atoms with Gasteiger partial charge in [-0.15, -0.1) is 0 Å². The third kappa shape index (κ3) is 6.15. The number of likely N-dealkylation sites (tertiary alicyclic amines) is 2. The Morgan fingerprint density at radius 3 is 2.56 bits per heavy atom. The zero-order valence-electron chi connectivity index (χ0n) is 24.3. The minimum absolute atomic E-state index is 0.0102. The van der Waals surface area contributed by atoms with Crippen LogP contribution in [0.3, 0.4) is 0 Å². The van der Waals surface area contributed by atoms with Crippen LogP contribution in [0.2, 0.25) is 0 Å². The second-order valence-corrected chi connectivity index (χ2v) is 13.6. The van der Waals surface area contributed by atoms with Gasteiger partial charge in [-0.25, -0.2) is 14.8 Å². The molecule has 2 amide bonds. The zero-order chi connectivity index (χ0) is 29.4. The molecule has 3 N–H and O–H groups in total. The van der Waals surface area contributed by atoms with Crippen molar-refractivity contribution in [3.8, 4) is 0 Å². The van der Waals surface area contributed by atoms with Crippen molar-refractivity contribution in [3.05, 3.63) is 51.6 Å². The van der Waals surface area contributed by atoms with Gasteiger partial charge < -0.3 is 25.5 Å². The number of aromatic nitrogens is 3. The fourth-order valence-electron chi connectivity index (χ4n) is 6.04. The molecule has 5 rings (SSSR count). The van der Waals surface area contributed by atoms with Crippen molar-refractivity contribution < 1.29 is 14.7 Å². The number of carbonyl (C=O) groups is 2. The summed E-state index contributed by atoms with van der Waals surface area (Å²) < 4.78 is 2.99. The number of amides is 2. The van der Waals surface area contributed by atoms with Crippen molar-refractivity contribution in [1.29, 1.82) is 0 Å². The first-order valence-electron chi connectivity index (χ1n) is 14.4. The van der Waals surface area contributed by atoms with Gasteiger partial charge >= 0.3 is 6.09 Å². The fraction of sp³-hybridized carbons (Fsp3) is 0.533. The Morgan fingerprint density at radius 1 is 1.17 bits per heavy atom. The van der Waals surface area contributed by atoms with Gasteiger partial charge in [-0.2, -0.15) is 0 Å². The first-order valence-corrected chi connectivity index (χ1v) is 15.4. The van der Waals surface area contributed by atoms with Crippen LogP contribution in [0.1, 0.15) is 56.5 Å². The summed E-state index contributed by atoms with van der Waals surface area (Å²) in [4.78, 5) is 37.5. The molecule has 0 bridgehead atoms. The number of nitrogens with zero attached hydrogens (tertiary/aromatic N) is 5. The third-order valence-corrected chi connectivity index (χ3v) is 9.81. The molecule has 0 atom stereocenters. The average Bonchev–Trinajstić information content (AvgIpc) is 3.30. The van der Waals surface area contributed by atoms with Gasteiger partial charge in [0.2, 0.25) is 0 Å². The van der Waals surface area contributed by atoms with E-state index in [9.17, 15) is 14.7 Å². The van der Waals surface area contributed by atoms with E-state index in [-0.39, 0.29) is 16.7 Å². The van der Waals surface area contributed by atoms with Gasteiger partial charge in [0.25, 0.3) is 5.91 Å². The number of aryl methyl sites for hydroxylation is 1. The molecule has 41 heavy (non-hydrogen) atoms. The summed E-state index contributed by atoms with van der Waals surface area (Å²) in [6.07, 6.45) is 7.41. The van der Waals surface area contributed by atoms with Gasteiger partial charge in [-0.3, -0.25) is 9.20 Å². The number of piperidine rings is 1. The lowest BCUT2D eigenvalue weighted by atomic mass is 9.61. The van der Waals surface area contributed by atoms with Crippen molar-refractivity contribution in [3.63, 3.8) is 0 Å². The van der Waals surface area contributed by atoms with Crippen LogP contribution in [-0.2, 0) is 6.42 Å². The van der Waals surface area contributed by atoms with Crippen molar-refractivity contribution in [2.24, 2.45) is 16.7 Å². The molecule has 0 spiro atoms. The van der Waals surface area contributed by atoms with Crippen LogP contribution in [0.5, 0.6) is 0 Å². The molecule has 4 heterocycles. The van der Waals surface area contributed by atoms with E-state index in [2.05, 4.69) is 75.8 Å². The smallest absolute Gasteiger partial charge is 0.407 e. The van der Waals surface area contributed by atoms with Gasteiger partial charge in [0.05, 0.1) is 6.20 Å². The van der Waals surface area contributed by atoms with Gasteiger partial charge in [-0.1, -0.05) is 27.7 Å². The molecular formula is C30H40IN7O3.